The first-order valence-electron chi connectivity index (χ1n) is 10.3. The molecule has 1 saturated heterocycles. The number of anilines is 1. The molecular weight excluding hydrogens is 473 g/mol. The predicted octanol–water partition coefficient (Wildman–Crippen LogP) is 3.05. The van der Waals surface area contributed by atoms with Crippen LogP contribution in [0.3, 0.4) is 0 Å². The zero-order valence-electron chi connectivity index (χ0n) is 18.0. The molecule has 0 aliphatic carbocycles. The van der Waals surface area contributed by atoms with Gasteiger partial charge in [0.05, 0.1) is 42.0 Å². The minimum Gasteiger partial charge on any atom is -0.381 e. The van der Waals surface area contributed by atoms with Gasteiger partial charge in [-0.3, -0.25) is 4.40 Å². The van der Waals surface area contributed by atoms with Crippen LogP contribution in [-0.2, 0) is 20.9 Å². The lowest BCUT2D eigenvalue weighted by Crippen LogP contribution is -2.42. The summed E-state index contributed by atoms with van der Waals surface area (Å²) < 4.78 is 75.1. The number of nitrogens with one attached hydrogen (secondary N) is 1. The molecule has 13 heteroatoms. The van der Waals surface area contributed by atoms with Crippen molar-refractivity contribution in [3.63, 3.8) is 0 Å². The van der Waals surface area contributed by atoms with Crippen molar-refractivity contribution in [1.82, 2.24) is 19.1 Å². The molecule has 3 heterocycles. The highest BCUT2D eigenvalue weighted by Gasteiger charge is 2.34. The van der Waals surface area contributed by atoms with Crippen molar-refractivity contribution >= 4 is 21.5 Å². The summed E-state index contributed by atoms with van der Waals surface area (Å²) in [6, 6.07) is 5.95. The average Bonchev–Trinajstić information content (AvgIpc) is 3.19. The van der Waals surface area contributed by atoms with Gasteiger partial charge in [0, 0.05) is 17.8 Å². The molecule has 0 saturated carbocycles. The fraction of sp³-hybridized carbons (Fsp3) is 0.381. The second kappa shape index (κ2) is 8.86. The van der Waals surface area contributed by atoms with Gasteiger partial charge in [0.2, 0.25) is 10.0 Å². The minimum absolute atomic E-state index is 0.0278. The standard InChI is InChI=1S/C21H21F3N6O3S/c1-12-2-5-15(34(31,32)29-13-3-4-14(6-7-25)33-11-13)8-16(12)17-9-27-20-19(26)28-18(10-30(17)20)21(22,23)24/h2,5,8-10,13-14,29H,3-4,6,11H2,1H3,(H2,26,28)/t13-,14+/m0/s1. The van der Waals surface area contributed by atoms with Crippen LogP contribution in [0.4, 0.5) is 19.0 Å². The number of benzene rings is 1. The number of imidazole rings is 1. The Labute approximate surface area is 193 Å². The number of ether oxygens (including phenoxy) is 1. The second-order valence-electron chi connectivity index (χ2n) is 8.04. The van der Waals surface area contributed by atoms with Gasteiger partial charge < -0.3 is 10.5 Å². The molecule has 0 unspecified atom stereocenters. The molecule has 9 nitrogen and oxygen atoms in total. The number of alkyl halides is 3. The number of nitrogens with two attached hydrogens (primary N) is 1. The fourth-order valence-electron chi connectivity index (χ4n) is 3.84. The summed E-state index contributed by atoms with van der Waals surface area (Å²) in [5.41, 5.74) is 5.77. The van der Waals surface area contributed by atoms with E-state index in [1.165, 1.54) is 18.3 Å². The lowest BCUT2D eigenvalue weighted by Gasteiger charge is -2.28. The quantitative estimate of drug-likeness (QED) is 0.556. The molecule has 1 aromatic carbocycles. The Kier molecular flexibility index (Phi) is 6.24. The van der Waals surface area contributed by atoms with Gasteiger partial charge in [-0.2, -0.15) is 18.4 Å². The van der Waals surface area contributed by atoms with Crippen molar-refractivity contribution < 1.29 is 26.3 Å². The number of aryl methyl sites for hydroxylation is 1. The Hall–Kier alpha value is -3.21. The molecule has 1 fully saturated rings. The van der Waals surface area contributed by atoms with E-state index in [9.17, 15) is 21.6 Å². The molecule has 180 valence electrons. The van der Waals surface area contributed by atoms with E-state index in [0.29, 0.717) is 24.0 Å². The maximum atomic E-state index is 13.3. The number of nitrogens with zero attached hydrogens (tertiary/aromatic N) is 4. The van der Waals surface area contributed by atoms with E-state index in [1.54, 1.807) is 13.0 Å². The van der Waals surface area contributed by atoms with E-state index in [1.807, 2.05) is 6.07 Å². The highest BCUT2D eigenvalue weighted by atomic mass is 32.2. The molecule has 4 rings (SSSR count). The SMILES string of the molecule is Cc1ccc(S(=O)(=O)N[C@H]2CC[C@H](CC#N)OC2)cc1-c1cnc2c(N)nc(C(F)(F)F)cn12. The Morgan fingerprint density at radius 1 is 1.35 bits per heavy atom. The van der Waals surface area contributed by atoms with Gasteiger partial charge in [-0.15, -0.1) is 0 Å². The van der Waals surface area contributed by atoms with Gasteiger partial charge in [-0.25, -0.2) is 23.1 Å². The summed E-state index contributed by atoms with van der Waals surface area (Å²) in [5, 5.41) is 8.77. The third-order valence-corrected chi connectivity index (χ3v) is 7.13. The van der Waals surface area contributed by atoms with Crippen LogP contribution in [0.25, 0.3) is 16.9 Å². The van der Waals surface area contributed by atoms with E-state index in [0.717, 1.165) is 10.6 Å². The molecule has 0 spiro atoms. The second-order valence-corrected chi connectivity index (χ2v) is 9.75. The van der Waals surface area contributed by atoms with Gasteiger partial charge in [0.1, 0.15) is 0 Å². The maximum absolute atomic E-state index is 13.3. The molecule has 1 aliphatic rings. The summed E-state index contributed by atoms with van der Waals surface area (Å²) >= 11 is 0. The normalized spacial score (nSPS) is 19.3. The third-order valence-electron chi connectivity index (χ3n) is 5.61. The van der Waals surface area contributed by atoms with E-state index >= 15 is 0 Å². The van der Waals surface area contributed by atoms with Crippen LogP contribution < -0.4 is 10.5 Å². The van der Waals surface area contributed by atoms with Crippen LogP contribution in [0.5, 0.6) is 0 Å². The van der Waals surface area contributed by atoms with Crippen LogP contribution in [0.1, 0.15) is 30.5 Å². The highest BCUT2D eigenvalue weighted by molar-refractivity contribution is 7.89. The fourth-order valence-corrected chi connectivity index (χ4v) is 5.12. The first-order valence-corrected chi connectivity index (χ1v) is 11.8. The molecule has 2 aromatic heterocycles. The number of nitrogen functional groups attached to an aromatic ring is 1. The molecular formula is C21H21F3N6O3S. The monoisotopic (exact) mass is 494 g/mol. The number of hydrogen-bond donors (Lipinski definition) is 2. The Morgan fingerprint density at radius 3 is 2.76 bits per heavy atom. The van der Waals surface area contributed by atoms with Crippen molar-refractivity contribution in [2.45, 2.75) is 49.4 Å². The van der Waals surface area contributed by atoms with Crippen LogP contribution >= 0.6 is 0 Å². The van der Waals surface area contributed by atoms with E-state index in [2.05, 4.69) is 14.7 Å². The molecule has 3 N–H and O–H groups in total. The predicted molar refractivity (Wildman–Crippen MR) is 116 cm³/mol. The highest BCUT2D eigenvalue weighted by Crippen LogP contribution is 2.32. The first-order chi connectivity index (χ1) is 16.0. The molecule has 3 aromatic rings. The summed E-state index contributed by atoms with van der Waals surface area (Å²) in [4.78, 5) is 7.39. The zero-order chi connectivity index (χ0) is 24.7. The van der Waals surface area contributed by atoms with Gasteiger partial charge >= 0.3 is 6.18 Å². The van der Waals surface area contributed by atoms with Crippen LogP contribution in [0, 0.1) is 18.3 Å². The third kappa shape index (κ3) is 4.70. The largest absolute Gasteiger partial charge is 0.434 e. The van der Waals surface area contributed by atoms with Crippen molar-refractivity contribution in [3.05, 3.63) is 41.9 Å². The number of halogens is 3. The number of hydrogen-bond acceptors (Lipinski definition) is 7. The Morgan fingerprint density at radius 2 is 2.12 bits per heavy atom. The Balaban J connectivity index is 1.67. The lowest BCUT2D eigenvalue weighted by atomic mass is 10.0. The van der Waals surface area contributed by atoms with Gasteiger partial charge in [0.15, 0.2) is 17.2 Å². The van der Waals surface area contributed by atoms with Crippen molar-refractivity contribution in [2.24, 2.45) is 0 Å². The molecule has 1 aliphatic heterocycles. The summed E-state index contributed by atoms with van der Waals surface area (Å²) in [5.74, 6) is -0.392. The summed E-state index contributed by atoms with van der Waals surface area (Å²) in [6.07, 6.45) is -1.51. The van der Waals surface area contributed by atoms with Crippen LogP contribution in [0.2, 0.25) is 0 Å². The summed E-state index contributed by atoms with van der Waals surface area (Å²) in [7, 11) is -3.95. The van der Waals surface area contributed by atoms with E-state index in [4.69, 9.17) is 15.7 Å². The molecule has 2 atom stereocenters. The maximum Gasteiger partial charge on any atom is 0.434 e. The molecule has 34 heavy (non-hydrogen) atoms. The molecule has 0 amide bonds. The smallest absolute Gasteiger partial charge is 0.381 e. The van der Waals surface area contributed by atoms with Crippen molar-refractivity contribution in [1.29, 1.82) is 5.26 Å². The first kappa shape index (κ1) is 23.9. The van der Waals surface area contributed by atoms with Gasteiger partial charge in [-0.05, 0) is 37.5 Å². The molecule has 0 radical (unpaired) electrons. The topological polar surface area (TPSA) is 135 Å². The van der Waals surface area contributed by atoms with Crippen molar-refractivity contribution in [2.75, 3.05) is 12.3 Å². The van der Waals surface area contributed by atoms with Gasteiger partial charge in [0.25, 0.3) is 0 Å². The minimum atomic E-state index is -4.72. The lowest BCUT2D eigenvalue weighted by molar-refractivity contribution is -0.141. The summed E-state index contributed by atoms with van der Waals surface area (Å²) in [6.45, 7) is 1.85. The Bertz CT molecular complexity index is 1370. The number of nitriles is 1. The zero-order valence-corrected chi connectivity index (χ0v) is 18.8. The number of rotatable bonds is 5. The average molecular weight is 494 g/mol. The van der Waals surface area contributed by atoms with E-state index in [-0.39, 0.29) is 35.4 Å². The number of fused-ring (bicyclic) bond motifs is 1. The molecule has 0 bridgehead atoms. The van der Waals surface area contributed by atoms with Crippen LogP contribution in [0.15, 0.2) is 35.5 Å². The van der Waals surface area contributed by atoms with Crippen LogP contribution in [-0.4, -0.2) is 41.5 Å². The van der Waals surface area contributed by atoms with Gasteiger partial charge in [-0.1, -0.05) is 6.07 Å². The number of aromatic nitrogens is 3. The van der Waals surface area contributed by atoms with Crippen molar-refractivity contribution in [3.8, 4) is 17.3 Å². The van der Waals surface area contributed by atoms with E-state index < -0.39 is 33.8 Å². The number of sulfonamides is 1.